The first-order chi connectivity index (χ1) is 13.3. The SMILES string of the molecule is Cc1[nH]ccc(=O)c1OCC(=O)N1CCN(S(=O)(=O)c2ccc(F)cc2)CC1. The molecule has 0 unspecified atom stereocenters. The van der Waals surface area contributed by atoms with E-state index < -0.39 is 15.8 Å². The summed E-state index contributed by atoms with van der Waals surface area (Å²) >= 11 is 0. The van der Waals surface area contributed by atoms with Crippen molar-refractivity contribution in [2.75, 3.05) is 32.8 Å². The second kappa shape index (κ2) is 8.11. The van der Waals surface area contributed by atoms with E-state index in [-0.39, 0.29) is 54.8 Å². The Balaban J connectivity index is 1.58. The number of halogens is 1. The normalized spacial score (nSPS) is 15.4. The molecule has 2 aromatic rings. The second-order valence-corrected chi connectivity index (χ2v) is 8.26. The average molecular weight is 409 g/mol. The number of benzene rings is 1. The van der Waals surface area contributed by atoms with Gasteiger partial charge in [-0.1, -0.05) is 0 Å². The maximum absolute atomic E-state index is 13.0. The van der Waals surface area contributed by atoms with Crippen LogP contribution in [0.1, 0.15) is 5.69 Å². The molecule has 28 heavy (non-hydrogen) atoms. The number of nitrogens with zero attached hydrogens (tertiary/aromatic N) is 2. The number of ether oxygens (including phenoxy) is 1. The fourth-order valence-electron chi connectivity index (χ4n) is 2.91. The molecule has 1 fully saturated rings. The van der Waals surface area contributed by atoms with Crippen LogP contribution < -0.4 is 10.2 Å². The Kier molecular flexibility index (Phi) is 5.80. The molecule has 1 aliphatic rings. The molecule has 10 heteroatoms. The topological polar surface area (TPSA) is 99.8 Å². The number of carbonyl (C=O) groups excluding carboxylic acids is 1. The van der Waals surface area contributed by atoms with E-state index in [0.29, 0.717) is 5.69 Å². The summed E-state index contributed by atoms with van der Waals surface area (Å²) in [6, 6.07) is 5.94. The Bertz CT molecular complexity index is 1010. The Labute approximate surface area is 161 Å². The Morgan fingerprint density at radius 2 is 1.79 bits per heavy atom. The summed E-state index contributed by atoms with van der Waals surface area (Å²) in [5.74, 6) is -0.753. The van der Waals surface area contributed by atoms with E-state index in [4.69, 9.17) is 4.74 Å². The van der Waals surface area contributed by atoms with E-state index in [1.54, 1.807) is 6.92 Å². The predicted octanol–water partition coefficient (Wildman–Crippen LogP) is 0.734. The molecule has 3 rings (SSSR count). The van der Waals surface area contributed by atoms with Crippen LogP contribution >= 0.6 is 0 Å². The Hall–Kier alpha value is -2.72. The minimum Gasteiger partial charge on any atom is -0.478 e. The smallest absolute Gasteiger partial charge is 0.260 e. The summed E-state index contributed by atoms with van der Waals surface area (Å²) in [6.07, 6.45) is 1.49. The Morgan fingerprint density at radius 1 is 1.14 bits per heavy atom. The molecule has 0 bridgehead atoms. The number of H-pyrrole nitrogens is 1. The van der Waals surface area contributed by atoms with Crippen molar-refractivity contribution in [2.24, 2.45) is 0 Å². The van der Waals surface area contributed by atoms with E-state index in [9.17, 15) is 22.4 Å². The molecule has 1 N–H and O–H groups in total. The van der Waals surface area contributed by atoms with Crippen molar-refractivity contribution in [3.8, 4) is 5.75 Å². The number of carbonyl (C=O) groups is 1. The van der Waals surface area contributed by atoms with Crippen LogP contribution in [0.2, 0.25) is 0 Å². The van der Waals surface area contributed by atoms with E-state index in [2.05, 4.69) is 4.98 Å². The van der Waals surface area contributed by atoms with Crippen molar-refractivity contribution in [1.82, 2.24) is 14.2 Å². The summed E-state index contributed by atoms with van der Waals surface area (Å²) in [4.78, 5) is 28.4. The first-order valence-electron chi connectivity index (χ1n) is 8.63. The molecule has 8 nitrogen and oxygen atoms in total. The molecule has 1 aromatic carbocycles. The van der Waals surface area contributed by atoms with Gasteiger partial charge in [-0.15, -0.1) is 0 Å². The monoisotopic (exact) mass is 409 g/mol. The number of amides is 1. The maximum Gasteiger partial charge on any atom is 0.260 e. The van der Waals surface area contributed by atoms with Crippen molar-refractivity contribution in [2.45, 2.75) is 11.8 Å². The number of pyridine rings is 1. The van der Waals surface area contributed by atoms with Crippen molar-refractivity contribution >= 4 is 15.9 Å². The second-order valence-electron chi connectivity index (χ2n) is 6.32. The molecular weight excluding hydrogens is 389 g/mol. The lowest BCUT2D eigenvalue weighted by atomic mass is 10.3. The molecule has 1 aliphatic heterocycles. The number of aryl methyl sites for hydroxylation is 1. The number of hydrogen-bond acceptors (Lipinski definition) is 5. The lowest BCUT2D eigenvalue weighted by Crippen LogP contribution is -2.51. The molecule has 0 spiro atoms. The lowest BCUT2D eigenvalue weighted by molar-refractivity contribution is -0.134. The number of rotatable bonds is 5. The van der Waals surface area contributed by atoms with Gasteiger partial charge in [0.15, 0.2) is 12.4 Å². The van der Waals surface area contributed by atoms with Gasteiger partial charge in [0.2, 0.25) is 15.5 Å². The van der Waals surface area contributed by atoms with E-state index in [1.807, 2.05) is 0 Å². The van der Waals surface area contributed by atoms with Crippen LogP contribution in [0.5, 0.6) is 5.75 Å². The summed E-state index contributed by atoms with van der Waals surface area (Å²) in [5.41, 5.74) is 0.203. The number of sulfonamides is 1. The van der Waals surface area contributed by atoms with E-state index in [0.717, 1.165) is 12.1 Å². The third-order valence-electron chi connectivity index (χ3n) is 4.48. The summed E-state index contributed by atoms with van der Waals surface area (Å²) in [7, 11) is -3.74. The molecule has 150 valence electrons. The standard InChI is InChI=1S/C18H20FN3O5S/c1-13-18(16(23)6-7-20-13)27-12-17(24)21-8-10-22(11-9-21)28(25,26)15-4-2-14(19)3-5-15/h2-7H,8-12H2,1H3,(H,20,23). The summed E-state index contributed by atoms with van der Waals surface area (Å²) in [5, 5.41) is 0. The van der Waals surface area contributed by atoms with Gasteiger partial charge < -0.3 is 14.6 Å². The summed E-state index contributed by atoms with van der Waals surface area (Å²) < 4.78 is 44.8. The van der Waals surface area contributed by atoms with Crippen molar-refractivity contribution in [3.05, 3.63) is 58.3 Å². The highest BCUT2D eigenvalue weighted by Crippen LogP contribution is 2.18. The highest BCUT2D eigenvalue weighted by atomic mass is 32.2. The van der Waals surface area contributed by atoms with Crippen LogP contribution in [0.25, 0.3) is 0 Å². The van der Waals surface area contributed by atoms with Crippen LogP contribution in [0.15, 0.2) is 46.2 Å². The van der Waals surface area contributed by atoms with E-state index >= 15 is 0 Å². The minimum absolute atomic E-state index is 0.00999. The fraction of sp³-hybridized carbons (Fsp3) is 0.333. The van der Waals surface area contributed by atoms with Gasteiger partial charge in [0.25, 0.3) is 5.91 Å². The first-order valence-corrected chi connectivity index (χ1v) is 10.1. The van der Waals surface area contributed by atoms with Gasteiger partial charge in [-0.05, 0) is 31.2 Å². The van der Waals surface area contributed by atoms with Gasteiger partial charge in [0.1, 0.15) is 5.82 Å². The maximum atomic E-state index is 13.0. The molecule has 1 aromatic heterocycles. The number of nitrogens with one attached hydrogen (secondary N) is 1. The van der Waals surface area contributed by atoms with Gasteiger partial charge in [-0.25, -0.2) is 12.8 Å². The highest BCUT2D eigenvalue weighted by Gasteiger charge is 2.30. The molecule has 0 radical (unpaired) electrons. The largest absolute Gasteiger partial charge is 0.478 e. The number of piperazine rings is 1. The van der Waals surface area contributed by atoms with Gasteiger partial charge in [0, 0.05) is 38.4 Å². The zero-order chi connectivity index (χ0) is 20.3. The van der Waals surface area contributed by atoms with Crippen LogP contribution in [0.4, 0.5) is 4.39 Å². The molecule has 0 saturated carbocycles. The van der Waals surface area contributed by atoms with Gasteiger partial charge in [0.05, 0.1) is 10.6 Å². The average Bonchev–Trinajstić information content (AvgIpc) is 2.68. The number of hydrogen-bond donors (Lipinski definition) is 1. The molecule has 1 saturated heterocycles. The predicted molar refractivity (Wildman–Crippen MR) is 99.0 cm³/mol. The third-order valence-corrected chi connectivity index (χ3v) is 6.39. The highest BCUT2D eigenvalue weighted by molar-refractivity contribution is 7.89. The van der Waals surface area contributed by atoms with Gasteiger partial charge >= 0.3 is 0 Å². The van der Waals surface area contributed by atoms with Crippen LogP contribution in [0.3, 0.4) is 0 Å². The minimum atomic E-state index is -3.74. The van der Waals surface area contributed by atoms with Crippen molar-refractivity contribution in [1.29, 1.82) is 0 Å². The van der Waals surface area contributed by atoms with Crippen LogP contribution in [-0.4, -0.2) is 61.3 Å². The van der Waals surface area contributed by atoms with Gasteiger partial charge in [-0.2, -0.15) is 4.31 Å². The quantitative estimate of drug-likeness (QED) is 0.785. The van der Waals surface area contributed by atoms with Crippen LogP contribution in [0, 0.1) is 12.7 Å². The Morgan fingerprint density at radius 3 is 2.39 bits per heavy atom. The molecule has 1 amide bonds. The molecular formula is C18H20FN3O5S. The van der Waals surface area contributed by atoms with Crippen molar-refractivity contribution < 1.29 is 22.3 Å². The zero-order valence-electron chi connectivity index (χ0n) is 15.2. The molecule has 0 aliphatic carbocycles. The third kappa shape index (κ3) is 4.23. The molecule has 0 atom stereocenters. The summed E-state index contributed by atoms with van der Waals surface area (Å²) in [6.45, 7) is 2.01. The van der Waals surface area contributed by atoms with Crippen LogP contribution in [-0.2, 0) is 14.8 Å². The number of aromatic nitrogens is 1. The molecule has 2 heterocycles. The zero-order valence-corrected chi connectivity index (χ0v) is 16.0. The first kappa shape index (κ1) is 20.0. The van der Waals surface area contributed by atoms with Gasteiger partial charge in [-0.3, -0.25) is 9.59 Å². The van der Waals surface area contributed by atoms with Crippen molar-refractivity contribution in [3.63, 3.8) is 0 Å². The lowest BCUT2D eigenvalue weighted by Gasteiger charge is -2.34. The van der Waals surface area contributed by atoms with E-state index in [1.165, 1.54) is 33.6 Å². The fourth-order valence-corrected chi connectivity index (χ4v) is 4.33. The number of aromatic amines is 1.